The Morgan fingerprint density at radius 1 is 0.275 bits per heavy atom. The van der Waals surface area contributed by atoms with Crippen molar-refractivity contribution in [3.05, 3.63) is 170 Å². The summed E-state index contributed by atoms with van der Waals surface area (Å²) >= 11 is 0. The minimum atomic E-state index is -0.111. The number of aryl methyl sites for hydroxylation is 5. The Hall–Kier alpha value is -5.84. The second-order valence-corrected chi connectivity index (χ2v) is 46.6. The van der Waals surface area contributed by atoms with Gasteiger partial charge in [0.2, 0.25) is 0 Å². The topological polar surface area (TPSA) is 94.4 Å². The average molecular weight is 1510 g/mol. The molecule has 622 valence electrons. The summed E-state index contributed by atoms with van der Waals surface area (Å²) in [6.07, 6.45) is 4.27. The lowest BCUT2D eigenvalue weighted by Crippen LogP contribution is -2.33. The second kappa shape index (κ2) is 34.1. The molecule has 7 heterocycles. The second-order valence-electron chi connectivity index (χ2n) is 46.6. The summed E-state index contributed by atoms with van der Waals surface area (Å²) in [6, 6.07) is 6.80. The van der Waals surface area contributed by atoms with Crippen LogP contribution in [0, 0.1) is 48.5 Å². The van der Waals surface area contributed by atoms with E-state index in [0.717, 1.165) is 28.1 Å². The van der Waals surface area contributed by atoms with Gasteiger partial charge in [0.25, 0.3) is 11.1 Å². The minimum absolute atomic E-state index is 0.0650. The summed E-state index contributed by atoms with van der Waals surface area (Å²) in [7, 11) is 14.4. The number of nitrogens with zero attached hydrogens (tertiary/aromatic N) is 9. The van der Waals surface area contributed by atoms with E-state index in [4.69, 9.17) is 4.98 Å². The molecule has 0 bridgehead atoms. The summed E-state index contributed by atoms with van der Waals surface area (Å²) in [6.45, 7) is 108. The Morgan fingerprint density at radius 2 is 0.624 bits per heavy atom. The maximum atomic E-state index is 12.3. The van der Waals surface area contributed by atoms with Gasteiger partial charge in [-0.05, 0) is 144 Å². The monoisotopic (exact) mass is 1510 g/mol. The fraction of sp³-hybridized carbons (Fsp3) is 0.714. The van der Waals surface area contributed by atoms with Crippen molar-refractivity contribution < 1.29 is 0 Å². The van der Waals surface area contributed by atoms with Crippen LogP contribution in [0.2, 0.25) is 0 Å². The molecule has 0 N–H and O–H groups in total. The molecule has 0 atom stereocenters. The summed E-state index contributed by atoms with van der Waals surface area (Å²) < 4.78 is 14.8. The van der Waals surface area contributed by atoms with Crippen LogP contribution in [0.1, 0.15) is 409 Å². The predicted molar refractivity (Wildman–Crippen MR) is 481 cm³/mol. The predicted octanol–water partition coefficient (Wildman–Crippen LogP) is 25.0. The molecule has 0 unspecified atom stereocenters. The molecule has 11 nitrogen and oxygen atoms in total. The first-order valence-electron chi connectivity index (χ1n) is 40.7. The Labute approximate surface area is 672 Å². The van der Waals surface area contributed by atoms with Crippen molar-refractivity contribution >= 4 is 0 Å². The van der Waals surface area contributed by atoms with Gasteiger partial charge < -0.3 is 27.4 Å². The fourth-order valence-electron chi connectivity index (χ4n) is 16.7. The van der Waals surface area contributed by atoms with E-state index >= 15 is 0 Å². The molecule has 0 amide bonds. The lowest BCUT2D eigenvalue weighted by atomic mass is 9.78. The summed E-state index contributed by atoms with van der Waals surface area (Å²) in [5.74, 6) is 1.17. The normalized spacial score (nSPS) is 13.2. The van der Waals surface area contributed by atoms with Crippen LogP contribution in [0.25, 0.3) is 0 Å². The minimum Gasteiger partial charge on any atom is -0.353 e. The first-order valence-corrected chi connectivity index (χ1v) is 40.7. The summed E-state index contributed by atoms with van der Waals surface area (Å²) in [5, 5.41) is 4.66. The molecule has 0 aromatic carbocycles. The van der Waals surface area contributed by atoms with Gasteiger partial charge in [0, 0.05) is 162 Å². The van der Waals surface area contributed by atoms with Gasteiger partial charge in [-0.3, -0.25) is 14.3 Å². The third kappa shape index (κ3) is 26.1. The Kier molecular flexibility index (Phi) is 31.6. The zero-order valence-corrected chi connectivity index (χ0v) is 82.2. The van der Waals surface area contributed by atoms with Crippen LogP contribution in [0.3, 0.4) is 0 Å². The molecule has 0 aliphatic rings. The largest absolute Gasteiger partial charge is 0.353 e. The molecule has 7 aromatic rings. The lowest BCUT2D eigenvalue weighted by Gasteiger charge is -2.28. The van der Waals surface area contributed by atoms with E-state index in [1.807, 2.05) is 38.9 Å². The third-order valence-electron chi connectivity index (χ3n) is 20.8. The van der Waals surface area contributed by atoms with Gasteiger partial charge in [-0.25, -0.2) is 4.98 Å². The van der Waals surface area contributed by atoms with E-state index in [1.54, 1.807) is 9.13 Å². The highest BCUT2D eigenvalue weighted by Crippen LogP contribution is 2.39. The van der Waals surface area contributed by atoms with Crippen molar-refractivity contribution in [1.82, 2.24) is 42.2 Å². The quantitative estimate of drug-likeness (QED) is 0.151. The first kappa shape index (κ1) is 101. The molecular formula is C98H173N9O2. The molecule has 0 fully saturated rings. The van der Waals surface area contributed by atoms with Crippen molar-refractivity contribution in [1.29, 1.82) is 0 Å². The number of rotatable bonds is 0. The molecule has 0 aliphatic carbocycles. The highest BCUT2D eigenvalue weighted by molar-refractivity contribution is 5.42. The van der Waals surface area contributed by atoms with Gasteiger partial charge >= 0.3 is 0 Å². The van der Waals surface area contributed by atoms with E-state index in [2.05, 4.69) is 408 Å². The van der Waals surface area contributed by atoms with E-state index in [-0.39, 0.29) is 86.9 Å². The SMILES string of the molecule is Cc1c(C(C)(C)C)cc(C(C)(C)C)c(=O)n1C.Cc1c(C(C)(C)C)cc(C(C)(C)C)n1C.Cc1c(C(C)(C)C)cn(C)c(=O)c1C(C)(C)C.Cc1c(C(C)(C)C)cn(C)c1C(C)(C)C.Cc1c(C(C)(C)C)nn(C)c1C(C)(C)C.Cc1cc(C(C)(C)C)n(C)c1C(C)(C)C.Cc1nc(C(C)(C)C)n(C)c1C(C)(C)C. The van der Waals surface area contributed by atoms with Crippen molar-refractivity contribution in [2.45, 2.75) is 415 Å². The van der Waals surface area contributed by atoms with Crippen LogP contribution in [0.15, 0.2) is 40.2 Å². The van der Waals surface area contributed by atoms with Crippen LogP contribution < -0.4 is 11.1 Å². The third-order valence-corrected chi connectivity index (χ3v) is 20.8. The number of imidazole rings is 1. The molecular weight excluding hydrogens is 1340 g/mol. The average Bonchev–Trinajstić information content (AvgIpc) is 1.75. The van der Waals surface area contributed by atoms with Crippen molar-refractivity contribution in [3.63, 3.8) is 0 Å². The lowest BCUT2D eigenvalue weighted by molar-refractivity contribution is 0.488. The van der Waals surface area contributed by atoms with E-state index in [0.29, 0.717) is 0 Å². The maximum absolute atomic E-state index is 12.3. The molecule has 0 saturated carbocycles. The maximum Gasteiger partial charge on any atom is 0.254 e. The molecule has 0 spiro atoms. The van der Waals surface area contributed by atoms with E-state index in [1.165, 1.54) is 90.3 Å². The molecule has 7 rings (SSSR count). The first-order chi connectivity index (χ1) is 47.7. The van der Waals surface area contributed by atoms with Crippen LogP contribution in [-0.4, -0.2) is 42.2 Å². The van der Waals surface area contributed by atoms with Crippen molar-refractivity contribution in [2.75, 3.05) is 0 Å². The molecule has 0 radical (unpaired) electrons. The number of hydrogen-bond donors (Lipinski definition) is 0. The van der Waals surface area contributed by atoms with Gasteiger partial charge in [0.15, 0.2) is 0 Å². The van der Waals surface area contributed by atoms with Gasteiger partial charge in [-0.15, -0.1) is 0 Å². The molecule has 109 heavy (non-hydrogen) atoms. The van der Waals surface area contributed by atoms with Crippen molar-refractivity contribution in [2.24, 2.45) is 49.3 Å². The van der Waals surface area contributed by atoms with Crippen LogP contribution in [-0.2, 0) is 125 Å². The van der Waals surface area contributed by atoms with Crippen molar-refractivity contribution in [3.8, 4) is 0 Å². The van der Waals surface area contributed by atoms with Crippen LogP contribution >= 0.6 is 0 Å². The standard InChI is InChI=1S/2C15H25NO.3C14H25N.2C13H24N2/c1-10-11(14(2,3)4)9-16(8)13(17)12(10)15(5,6)7;1-10-11(14(2,3)4)9-12(15(5,6)7)13(17)16(10)8;1-10-11(13(2,3)4)9-15(8)12(10)14(5,6)7;1-10-11(13(2,3)4)9-12(15(10)8)14(5,6)7;1-10-9-11(13(2,3)4)15(8)12(10)14(5,6)7;1-9-10(12(2,3)4)15(8)11(14-9)13(5,6)7;1-9-10(12(2,3)4)14-15(8)11(9)13(5,6)7/h2*9H,1-8H3;3*9H,1-8H3;2*1-8H3. The Balaban J connectivity index is 0.000000636. The number of pyridine rings is 2. The zero-order valence-electron chi connectivity index (χ0n) is 82.2. The molecule has 0 aliphatic heterocycles. The zero-order chi connectivity index (χ0) is 87.3. The Bertz CT molecular complexity index is 3940. The Morgan fingerprint density at radius 3 is 0.872 bits per heavy atom. The molecule has 7 aromatic heterocycles. The van der Waals surface area contributed by atoms with Gasteiger partial charge in [0.05, 0.1) is 11.4 Å². The van der Waals surface area contributed by atoms with Gasteiger partial charge in [-0.2, -0.15) is 5.10 Å². The van der Waals surface area contributed by atoms with Gasteiger partial charge in [-0.1, -0.05) is 291 Å². The fourth-order valence-corrected chi connectivity index (χ4v) is 16.7. The summed E-state index contributed by atoms with van der Waals surface area (Å²) in [4.78, 5) is 29.3. The summed E-state index contributed by atoms with van der Waals surface area (Å²) in [5.41, 5.74) is 28.0. The molecule has 0 saturated heterocycles. The van der Waals surface area contributed by atoms with Gasteiger partial charge in [0.1, 0.15) is 5.82 Å². The van der Waals surface area contributed by atoms with E-state index < -0.39 is 0 Å². The molecule has 11 heteroatoms. The smallest absolute Gasteiger partial charge is 0.254 e. The highest BCUT2D eigenvalue weighted by Gasteiger charge is 2.34. The van der Waals surface area contributed by atoms with Crippen LogP contribution in [0.5, 0.6) is 0 Å². The number of aromatic nitrogens is 9. The van der Waals surface area contributed by atoms with Crippen LogP contribution in [0.4, 0.5) is 0 Å². The number of hydrogen-bond acceptors (Lipinski definition) is 4. The van der Waals surface area contributed by atoms with E-state index in [9.17, 15) is 9.59 Å². The highest BCUT2D eigenvalue weighted by atomic mass is 16.1.